The first-order valence-electron chi connectivity index (χ1n) is 3.73. The Morgan fingerprint density at radius 1 is 1.46 bits per heavy atom. The highest BCUT2D eigenvalue weighted by molar-refractivity contribution is 5.56. The Bertz CT molecular complexity index is 378. The minimum atomic E-state index is -2.58. The second-order valence-corrected chi connectivity index (χ2v) is 2.57. The third-order valence-corrected chi connectivity index (χ3v) is 1.71. The van der Waals surface area contributed by atoms with E-state index in [2.05, 4.69) is 10.1 Å². The SMILES string of the molecule is FC(F)n1cc(-c2ccc[nH]2)cn1. The van der Waals surface area contributed by atoms with Crippen LogP contribution in [-0.4, -0.2) is 14.8 Å². The summed E-state index contributed by atoms with van der Waals surface area (Å²) in [7, 11) is 0. The Morgan fingerprint density at radius 3 is 2.85 bits per heavy atom. The van der Waals surface area contributed by atoms with E-state index >= 15 is 0 Å². The molecule has 0 bridgehead atoms. The van der Waals surface area contributed by atoms with E-state index in [0.29, 0.717) is 10.2 Å². The summed E-state index contributed by atoms with van der Waals surface area (Å²) in [6, 6.07) is 3.60. The minimum absolute atomic E-state index is 0.621. The van der Waals surface area contributed by atoms with Crippen LogP contribution in [-0.2, 0) is 0 Å². The van der Waals surface area contributed by atoms with Gasteiger partial charge in [0.25, 0.3) is 0 Å². The van der Waals surface area contributed by atoms with Crippen LogP contribution in [0.3, 0.4) is 0 Å². The van der Waals surface area contributed by atoms with Gasteiger partial charge >= 0.3 is 6.55 Å². The summed E-state index contributed by atoms with van der Waals surface area (Å²) in [5.41, 5.74) is 1.44. The second-order valence-electron chi connectivity index (χ2n) is 2.57. The zero-order valence-electron chi connectivity index (χ0n) is 6.61. The maximum Gasteiger partial charge on any atom is 0.333 e. The molecule has 0 fully saturated rings. The lowest BCUT2D eigenvalue weighted by molar-refractivity contribution is 0.0566. The van der Waals surface area contributed by atoms with Gasteiger partial charge in [0.05, 0.1) is 6.20 Å². The zero-order valence-corrected chi connectivity index (χ0v) is 6.61. The topological polar surface area (TPSA) is 33.6 Å². The number of rotatable bonds is 2. The highest BCUT2D eigenvalue weighted by Gasteiger charge is 2.08. The predicted molar refractivity (Wildman–Crippen MR) is 43.3 cm³/mol. The Morgan fingerprint density at radius 2 is 2.31 bits per heavy atom. The standard InChI is InChI=1S/C8H7F2N3/c9-8(10)13-5-6(4-12-13)7-2-1-3-11-7/h1-5,8,11H. The third-order valence-electron chi connectivity index (χ3n) is 1.71. The highest BCUT2D eigenvalue weighted by atomic mass is 19.3. The third kappa shape index (κ3) is 1.44. The number of aromatic nitrogens is 3. The first-order valence-corrected chi connectivity index (χ1v) is 3.73. The van der Waals surface area contributed by atoms with Gasteiger partial charge in [-0.25, -0.2) is 4.68 Å². The summed E-state index contributed by atoms with van der Waals surface area (Å²) in [6.07, 6.45) is 4.43. The molecule has 68 valence electrons. The fourth-order valence-corrected chi connectivity index (χ4v) is 1.09. The summed E-state index contributed by atoms with van der Waals surface area (Å²) in [6.45, 7) is -2.58. The van der Waals surface area contributed by atoms with Crippen LogP contribution in [0.5, 0.6) is 0 Å². The fourth-order valence-electron chi connectivity index (χ4n) is 1.09. The molecule has 2 aromatic rings. The van der Waals surface area contributed by atoms with Crippen molar-refractivity contribution in [2.45, 2.75) is 6.55 Å². The molecule has 0 radical (unpaired) electrons. The second kappa shape index (κ2) is 3.01. The van der Waals surface area contributed by atoms with Gasteiger partial charge in [-0.15, -0.1) is 0 Å². The van der Waals surface area contributed by atoms with E-state index in [-0.39, 0.29) is 0 Å². The summed E-state index contributed by atoms with van der Waals surface area (Å²) in [5.74, 6) is 0. The molecule has 2 rings (SSSR count). The molecule has 5 heteroatoms. The Hall–Kier alpha value is -1.65. The molecule has 0 unspecified atom stereocenters. The molecule has 0 aliphatic carbocycles. The maximum absolute atomic E-state index is 12.1. The van der Waals surface area contributed by atoms with E-state index < -0.39 is 6.55 Å². The van der Waals surface area contributed by atoms with Crippen LogP contribution in [0.2, 0.25) is 0 Å². The van der Waals surface area contributed by atoms with Crippen molar-refractivity contribution in [3.8, 4) is 11.3 Å². The molecule has 0 aliphatic heterocycles. The Labute approximate surface area is 73.0 Å². The summed E-state index contributed by atoms with van der Waals surface area (Å²) in [5, 5.41) is 3.52. The van der Waals surface area contributed by atoms with Crippen LogP contribution in [0.15, 0.2) is 30.7 Å². The van der Waals surface area contributed by atoms with Crippen molar-refractivity contribution in [2.75, 3.05) is 0 Å². The van der Waals surface area contributed by atoms with Gasteiger partial charge in [-0.05, 0) is 12.1 Å². The molecule has 1 N–H and O–H groups in total. The van der Waals surface area contributed by atoms with Crippen molar-refractivity contribution in [3.05, 3.63) is 30.7 Å². The van der Waals surface area contributed by atoms with Crippen molar-refractivity contribution in [2.24, 2.45) is 0 Å². The number of aromatic amines is 1. The van der Waals surface area contributed by atoms with E-state index in [4.69, 9.17) is 0 Å². The summed E-state index contributed by atoms with van der Waals surface area (Å²) in [4.78, 5) is 2.91. The predicted octanol–water partition coefficient (Wildman–Crippen LogP) is 2.27. The summed E-state index contributed by atoms with van der Waals surface area (Å²) < 4.78 is 24.8. The molecule has 2 aromatic heterocycles. The lowest BCUT2D eigenvalue weighted by Gasteiger charge is -1.95. The quantitative estimate of drug-likeness (QED) is 0.761. The number of alkyl halides is 2. The van der Waals surface area contributed by atoms with Gasteiger partial charge in [-0.1, -0.05) is 0 Å². The number of halogens is 2. The van der Waals surface area contributed by atoms with Crippen molar-refractivity contribution in [1.29, 1.82) is 0 Å². The van der Waals surface area contributed by atoms with E-state index in [1.165, 1.54) is 12.4 Å². The van der Waals surface area contributed by atoms with Crippen molar-refractivity contribution in [1.82, 2.24) is 14.8 Å². The molecule has 0 aromatic carbocycles. The lowest BCUT2D eigenvalue weighted by atomic mass is 10.3. The molecule has 0 aliphatic rings. The largest absolute Gasteiger partial charge is 0.361 e. The smallest absolute Gasteiger partial charge is 0.333 e. The average Bonchev–Trinajstić information content (AvgIpc) is 2.75. The number of hydrogen-bond donors (Lipinski definition) is 1. The Balaban J connectivity index is 2.33. The minimum Gasteiger partial charge on any atom is -0.361 e. The first-order chi connectivity index (χ1) is 6.27. The van der Waals surface area contributed by atoms with Crippen LogP contribution in [0.1, 0.15) is 6.55 Å². The molecule has 0 spiro atoms. The molecular formula is C8H7F2N3. The van der Waals surface area contributed by atoms with Crippen molar-refractivity contribution < 1.29 is 8.78 Å². The summed E-state index contributed by atoms with van der Waals surface area (Å²) >= 11 is 0. The van der Waals surface area contributed by atoms with Gasteiger partial charge in [-0.3, -0.25) is 0 Å². The molecular weight excluding hydrogens is 176 g/mol. The number of hydrogen-bond acceptors (Lipinski definition) is 1. The van der Waals surface area contributed by atoms with Crippen molar-refractivity contribution in [3.63, 3.8) is 0 Å². The number of nitrogens with zero attached hydrogens (tertiary/aromatic N) is 2. The molecule has 3 nitrogen and oxygen atoms in total. The van der Waals surface area contributed by atoms with E-state index in [0.717, 1.165) is 5.69 Å². The van der Waals surface area contributed by atoms with E-state index in [1.54, 1.807) is 18.3 Å². The van der Waals surface area contributed by atoms with E-state index in [1.807, 2.05) is 0 Å². The van der Waals surface area contributed by atoms with Crippen LogP contribution < -0.4 is 0 Å². The fraction of sp³-hybridized carbons (Fsp3) is 0.125. The monoisotopic (exact) mass is 183 g/mol. The van der Waals surface area contributed by atoms with Gasteiger partial charge < -0.3 is 4.98 Å². The normalized spacial score (nSPS) is 11.0. The van der Waals surface area contributed by atoms with Crippen LogP contribution in [0.25, 0.3) is 11.3 Å². The first kappa shape index (κ1) is 7.97. The highest BCUT2D eigenvalue weighted by Crippen LogP contribution is 2.18. The zero-order chi connectivity index (χ0) is 9.26. The molecule has 0 saturated carbocycles. The van der Waals surface area contributed by atoms with Gasteiger partial charge in [0, 0.05) is 23.7 Å². The van der Waals surface area contributed by atoms with Gasteiger partial charge in [0.15, 0.2) is 0 Å². The van der Waals surface area contributed by atoms with Crippen LogP contribution in [0, 0.1) is 0 Å². The number of H-pyrrole nitrogens is 1. The lowest BCUT2D eigenvalue weighted by Crippen LogP contribution is -1.96. The molecule has 0 saturated heterocycles. The van der Waals surface area contributed by atoms with Gasteiger partial charge in [-0.2, -0.15) is 13.9 Å². The van der Waals surface area contributed by atoms with Crippen LogP contribution in [0.4, 0.5) is 8.78 Å². The maximum atomic E-state index is 12.1. The van der Waals surface area contributed by atoms with E-state index in [9.17, 15) is 8.78 Å². The van der Waals surface area contributed by atoms with Crippen molar-refractivity contribution >= 4 is 0 Å². The van der Waals surface area contributed by atoms with Crippen LogP contribution >= 0.6 is 0 Å². The molecule has 13 heavy (non-hydrogen) atoms. The molecule has 0 amide bonds. The molecule has 2 heterocycles. The average molecular weight is 183 g/mol. The Kier molecular flexibility index (Phi) is 1.84. The molecule has 0 atom stereocenters. The number of nitrogens with one attached hydrogen (secondary N) is 1. The van der Waals surface area contributed by atoms with Gasteiger partial charge in [0.2, 0.25) is 0 Å². The van der Waals surface area contributed by atoms with Gasteiger partial charge in [0.1, 0.15) is 0 Å².